The van der Waals surface area contributed by atoms with Crippen molar-refractivity contribution in [1.29, 1.82) is 0 Å². The molecule has 0 aliphatic heterocycles. The summed E-state index contributed by atoms with van der Waals surface area (Å²) in [5, 5.41) is 0. The molecule has 1 atom stereocenters. The molecule has 3 rings (SSSR count). The first kappa shape index (κ1) is 16.9. The number of esters is 1. The van der Waals surface area contributed by atoms with Crippen molar-refractivity contribution in [3.8, 4) is 0 Å². The average molecular weight is 342 g/mol. The third kappa shape index (κ3) is 3.75. The van der Waals surface area contributed by atoms with Gasteiger partial charge in [0.25, 0.3) is 0 Å². The molecule has 3 nitrogen and oxygen atoms in total. The first-order valence-electron chi connectivity index (χ1n) is 8.48. The summed E-state index contributed by atoms with van der Waals surface area (Å²) in [5.41, 5.74) is 2.95. The summed E-state index contributed by atoms with van der Waals surface area (Å²) in [5.74, 6) is -0.553. The van der Waals surface area contributed by atoms with Crippen LogP contribution in [0.3, 0.4) is 0 Å². The van der Waals surface area contributed by atoms with Crippen molar-refractivity contribution in [2.75, 3.05) is 0 Å². The number of rotatable bonds is 4. The summed E-state index contributed by atoms with van der Waals surface area (Å²) in [4.78, 5) is 26.7. The predicted octanol–water partition coefficient (Wildman–Crippen LogP) is 4.75. The predicted molar refractivity (Wildman–Crippen MR) is 96.0 cm³/mol. The van der Waals surface area contributed by atoms with Crippen molar-refractivity contribution in [2.24, 2.45) is 0 Å². The number of fused-ring (bicyclic) bond motifs is 1. The third-order valence-corrected chi connectivity index (χ3v) is 5.65. The fraction of sp³-hybridized carbons (Fsp3) is 0.400. The van der Waals surface area contributed by atoms with Gasteiger partial charge in [0.1, 0.15) is 4.88 Å². The molecule has 1 aliphatic carbocycles. The number of ketones is 1. The second kappa shape index (κ2) is 7.31. The zero-order valence-corrected chi connectivity index (χ0v) is 14.9. The summed E-state index contributed by atoms with van der Waals surface area (Å²) < 4.78 is 5.41. The molecule has 0 amide bonds. The molecule has 0 fully saturated rings. The van der Waals surface area contributed by atoms with Crippen LogP contribution in [0.4, 0.5) is 0 Å². The first-order chi connectivity index (χ1) is 11.5. The lowest BCUT2D eigenvalue weighted by molar-refractivity contribution is 0.0323. The number of hydrogen-bond acceptors (Lipinski definition) is 4. The molecule has 1 heterocycles. The van der Waals surface area contributed by atoms with Crippen LogP contribution in [0.2, 0.25) is 0 Å². The lowest BCUT2D eigenvalue weighted by atomic mass is 10.1. The largest absolute Gasteiger partial charge is 0.450 e. The molecule has 0 radical (unpaired) electrons. The van der Waals surface area contributed by atoms with Gasteiger partial charge in [-0.05, 0) is 51.2 Å². The maximum Gasteiger partial charge on any atom is 0.349 e. The maximum atomic E-state index is 12.4. The zero-order chi connectivity index (χ0) is 17.1. The van der Waals surface area contributed by atoms with Crippen LogP contribution >= 0.6 is 11.3 Å². The van der Waals surface area contributed by atoms with E-state index in [4.69, 9.17) is 4.74 Å². The number of ether oxygens (including phenoxy) is 1. The Kier molecular flexibility index (Phi) is 5.14. The van der Waals surface area contributed by atoms with E-state index in [0.29, 0.717) is 10.4 Å². The minimum Gasteiger partial charge on any atom is -0.450 e. The van der Waals surface area contributed by atoms with Gasteiger partial charge < -0.3 is 4.74 Å². The monoisotopic (exact) mass is 342 g/mol. The van der Waals surface area contributed by atoms with Crippen LogP contribution < -0.4 is 0 Å². The number of aryl methyl sites for hydroxylation is 3. The van der Waals surface area contributed by atoms with Crippen LogP contribution in [-0.2, 0) is 17.6 Å². The molecule has 2 aromatic rings. The van der Waals surface area contributed by atoms with Gasteiger partial charge in [-0.25, -0.2) is 4.79 Å². The van der Waals surface area contributed by atoms with E-state index < -0.39 is 6.10 Å². The normalized spacial score (nSPS) is 15.2. The van der Waals surface area contributed by atoms with Gasteiger partial charge in [-0.15, -0.1) is 11.3 Å². The van der Waals surface area contributed by atoms with E-state index in [1.165, 1.54) is 41.0 Å². The fourth-order valence-electron chi connectivity index (χ4n) is 2.99. The van der Waals surface area contributed by atoms with Gasteiger partial charge in [-0.1, -0.05) is 36.2 Å². The second-order valence-electron chi connectivity index (χ2n) is 6.40. The molecule has 24 heavy (non-hydrogen) atoms. The van der Waals surface area contributed by atoms with Gasteiger partial charge in [-0.2, -0.15) is 0 Å². The van der Waals surface area contributed by atoms with Gasteiger partial charge >= 0.3 is 5.97 Å². The van der Waals surface area contributed by atoms with Crippen molar-refractivity contribution < 1.29 is 14.3 Å². The highest BCUT2D eigenvalue weighted by Gasteiger charge is 2.23. The highest BCUT2D eigenvalue weighted by Crippen LogP contribution is 2.29. The molecule has 0 N–H and O–H groups in total. The molecule has 1 aliphatic rings. The Morgan fingerprint density at radius 2 is 1.79 bits per heavy atom. The fourth-order valence-corrected chi connectivity index (χ4v) is 4.13. The van der Waals surface area contributed by atoms with E-state index in [1.54, 1.807) is 19.1 Å². The Labute approximate surface area is 146 Å². The second-order valence-corrected chi connectivity index (χ2v) is 7.53. The highest BCUT2D eigenvalue weighted by molar-refractivity contribution is 7.14. The van der Waals surface area contributed by atoms with Crippen LogP contribution in [0, 0.1) is 6.92 Å². The number of thiophene rings is 1. The molecular weight excluding hydrogens is 320 g/mol. The molecule has 0 saturated carbocycles. The average Bonchev–Trinajstić information content (AvgIpc) is 2.86. The number of carbonyl (C=O) groups is 2. The molecule has 1 aromatic carbocycles. The topological polar surface area (TPSA) is 43.4 Å². The third-order valence-electron chi connectivity index (χ3n) is 4.44. The summed E-state index contributed by atoms with van der Waals surface area (Å²) in [6, 6.07) is 9.28. The molecule has 0 bridgehead atoms. The molecule has 0 saturated heterocycles. The van der Waals surface area contributed by atoms with E-state index in [0.717, 1.165) is 18.4 Å². The molecule has 1 aromatic heterocycles. The maximum absolute atomic E-state index is 12.4. The highest BCUT2D eigenvalue weighted by atomic mass is 32.1. The van der Waals surface area contributed by atoms with E-state index in [-0.39, 0.29) is 11.8 Å². The molecule has 126 valence electrons. The summed E-state index contributed by atoms with van der Waals surface area (Å²) in [7, 11) is 0. The number of carbonyl (C=O) groups excluding carboxylic acids is 2. The van der Waals surface area contributed by atoms with Crippen LogP contribution in [0.15, 0.2) is 30.3 Å². The molecular formula is C20H22O3S. The van der Waals surface area contributed by atoms with Gasteiger partial charge in [0, 0.05) is 10.4 Å². The van der Waals surface area contributed by atoms with Gasteiger partial charge in [-0.3, -0.25) is 4.79 Å². The van der Waals surface area contributed by atoms with Gasteiger partial charge in [0.15, 0.2) is 6.10 Å². The standard InChI is InChI=1S/C20H22O3S/c1-13-8-10-15(11-9-13)19(21)14(2)23-20(22)18-12-16-6-4-3-5-7-17(16)24-18/h8-12,14H,3-7H2,1-2H3. The summed E-state index contributed by atoms with van der Waals surface area (Å²) >= 11 is 1.52. The number of Topliss-reactive ketones (excluding diaryl/α,β-unsaturated/α-hetero) is 1. The lowest BCUT2D eigenvalue weighted by Crippen LogP contribution is -2.24. The van der Waals surface area contributed by atoms with Gasteiger partial charge in [0.05, 0.1) is 0 Å². The smallest absolute Gasteiger partial charge is 0.349 e. The van der Waals surface area contributed by atoms with E-state index >= 15 is 0 Å². The molecule has 1 unspecified atom stereocenters. The minimum atomic E-state index is -0.776. The minimum absolute atomic E-state index is 0.165. The van der Waals surface area contributed by atoms with Crippen molar-refractivity contribution in [3.05, 3.63) is 56.8 Å². The van der Waals surface area contributed by atoms with Crippen LogP contribution in [0.5, 0.6) is 0 Å². The Bertz CT molecular complexity index is 719. The Balaban J connectivity index is 1.67. The molecule has 4 heteroatoms. The van der Waals surface area contributed by atoms with E-state index in [9.17, 15) is 9.59 Å². The van der Waals surface area contributed by atoms with Crippen molar-refractivity contribution >= 4 is 23.1 Å². The van der Waals surface area contributed by atoms with Crippen molar-refractivity contribution in [3.63, 3.8) is 0 Å². The van der Waals surface area contributed by atoms with Crippen LogP contribution in [0.1, 0.15) is 62.2 Å². The van der Waals surface area contributed by atoms with E-state index in [2.05, 4.69) is 0 Å². The lowest BCUT2D eigenvalue weighted by Gasteiger charge is -2.11. The Morgan fingerprint density at radius 3 is 2.54 bits per heavy atom. The van der Waals surface area contributed by atoms with Crippen LogP contribution in [0.25, 0.3) is 0 Å². The quantitative estimate of drug-likeness (QED) is 0.457. The summed E-state index contributed by atoms with van der Waals surface area (Å²) in [6.45, 7) is 3.61. The van der Waals surface area contributed by atoms with Crippen LogP contribution in [-0.4, -0.2) is 17.9 Å². The first-order valence-corrected chi connectivity index (χ1v) is 9.29. The SMILES string of the molecule is Cc1ccc(C(=O)C(C)OC(=O)c2cc3c(s2)CCCCC3)cc1. The Morgan fingerprint density at radius 1 is 1.08 bits per heavy atom. The zero-order valence-electron chi connectivity index (χ0n) is 14.1. The van der Waals surface area contributed by atoms with Gasteiger partial charge in [0.2, 0.25) is 5.78 Å². The number of hydrogen-bond donors (Lipinski definition) is 0. The molecule has 0 spiro atoms. The van der Waals surface area contributed by atoms with Crippen molar-refractivity contribution in [1.82, 2.24) is 0 Å². The number of benzene rings is 1. The van der Waals surface area contributed by atoms with E-state index in [1.807, 2.05) is 25.1 Å². The van der Waals surface area contributed by atoms with Crippen molar-refractivity contribution in [2.45, 2.75) is 52.1 Å². The summed E-state index contributed by atoms with van der Waals surface area (Å²) in [6.07, 6.45) is 4.93. The Hall–Kier alpha value is -1.94.